The zero-order valence-electron chi connectivity index (χ0n) is 18.9. The van der Waals surface area contributed by atoms with Crippen molar-refractivity contribution in [3.05, 3.63) is 10.6 Å². The molecular formula is C21H30N4O6S. The third kappa shape index (κ3) is 4.40. The number of carboxylic acids is 1. The van der Waals surface area contributed by atoms with Crippen LogP contribution in [0.3, 0.4) is 0 Å². The van der Waals surface area contributed by atoms with E-state index in [-0.39, 0.29) is 53.0 Å². The maximum absolute atomic E-state index is 12.9. The van der Waals surface area contributed by atoms with E-state index in [1.165, 1.54) is 28.5 Å². The Kier molecular flexibility index (Phi) is 6.99. The highest BCUT2D eigenvalue weighted by atomic mass is 32.2. The van der Waals surface area contributed by atoms with Crippen LogP contribution in [0.25, 0.3) is 0 Å². The van der Waals surface area contributed by atoms with Crippen molar-refractivity contribution in [2.45, 2.75) is 57.0 Å². The minimum absolute atomic E-state index is 0.00148. The second-order valence-electron chi connectivity index (χ2n) is 8.94. The first-order valence-electron chi connectivity index (χ1n) is 10.6. The number of carbonyl (C=O) groups is 5. The molecule has 0 unspecified atom stereocenters. The number of hydrogen-bond donors (Lipinski definition) is 3. The number of carboxylic acid groups (broad SMARTS) is 1. The van der Waals surface area contributed by atoms with Gasteiger partial charge in [0.2, 0.25) is 17.7 Å². The van der Waals surface area contributed by atoms with E-state index in [1.807, 2.05) is 6.92 Å². The summed E-state index contributed by atoms with van der Waals surface area (Å²) < 4.78 is 0. The standard InChI is InChI=1S/C21H30N4O6S/c1-9(26)6-14(27)23-11(3)15-16-10(2)18(17(21(30)31)25(16)20(15)29)32-12-7-13(22-8-12)19(28)24(4)5/h10-13,15-16,22H,6-8H2,1-5H3,(H,23,27)(H,30,31)/t10-,11-,12+,13+,15-,16-/m1/s1. The number of carbonyl (C=O) groups excluding carboxylic acids is 4. The molecule has 2 fully saturated rings. The Morgan fingerprint density at radius 3 is 2.53 bits per heavy atom. The van der Waals surface area contributed by atoms with Crippen molar-refractivity contribution in [1.82, 2.24) is 20.4 Å². The zero-order valence-corrected chi connectivity index (χ0v) is 19.7. The van der Waals surface area contributed by atoms with Crippen LogP contribution in [0.2, 0.25) is 0 Å². The van der Waals surface area contributed by atoms with E-state index in [9.17, 15) is 29.1 Å². The number of fused-ring (bicyclic) bond motifs is 1. The highest BCUT2D eigenvalue weighted by Crippen LogP contribution is 2.51. The van der Waals surface area contributed by atoms with E-state index in [2.05, 4.69) is 10.6 Å². The van der Waals surface area contributed by atoms with Crippen LogP contribution < -0.4 is 10.6 Å². The number of β-lactam (4-membered cyclic amide) rings is 1. The van der Waals surface area contributed by atoms with Gasteiger partial charge in [-0.1, -0.05) is 6.92 Å². The van der Waals surface area contributed by atoms with Gasteiger partial charge in [0.25, 0.3) is 0 Å². The molecule has 3 N–H and O–H groups in total. The minimum atomic E-state index is -1.16. The van der Waals surface area contributed by atoms with Crippen LogP contribution in [0.15, 0.2) is 10.6 Å². The summed E-state index contributed by atoms with van der Waals surface area (Å²) >= 11 is 1.42. The van der Waals surface area contributed by atoms with Gasteiger partial charge in [-0.15, -0.1) is 11.8 Å². The molecule has 0 aromatic rings. The number of thioether (sulfide) groups is 1. The van der Waals surface area contributed by atoms with Gasteiger partial charge in [0.05, 0.1) is 24.4 Å². The normalized spacial score (nSPS) is 30.0. The van der Waals surface area contributed by atoms with Crippen LogP contribution in [-0.4, -0.2) is 88.4 Å². The maximum atomic E-state index is 12.9. The molecule has 32 heavy (non-hydrogen) atoms. The van der Waals surface area contributed by atoms with Crippen LogP contribution in [0.4, 0.5) is 0 Å². The molecule has 0 radical (unpaired) electrons. The Morgan fingerprint density at radius 1 is 1.31 bits per heavy atom. The monoisotopic (exact) mass is 466 g/mol. The number of nitrogens with one attached hydrogen (secondary N) is 2. The van der Waals surface area contributed by atoms with Gasteiger partial charge in [-0.2, -0.15) is 0 Å². The van der Waals surface area contributed by atoms with Crippen LogP contribution in [0.1, 0.15) is 33.6 Å². The van der Waals surface area contributed by atoms with Crippen molar-refractivity contribution in [2.24, 2.45) is 11.8 Å². The second-order valence-corrected chi connectivity index (χ2v) is 10.3. The Bertz CT molecular complexity index is 888. The largest absolute Gasteiger partial charge is 0.477 e. The molecule has 11 heteroatoms. The zero-order chi connectivity index (χ0) is 23.9. The van der Waals surface area contributed by atoms with Crippen molar-refractivity contribution in [1.29, 1.82) is 0 Å². The fourth-order valence-electron chi connectivity index (χ4n) is 4.79. The minimum Gasteiger partial charge on any atom is -0.477 e. The quantitative estimate of drug-likeness (QED) is 0.330. The Hall–Kier alpha value is -2.40. The van der Waals surface area contributed by atoms with E-state index >= 15 is 0 Å². The Balaban J connectivity index is 1.73. The first-order chi connectivity index (χ1) is 14.9. The molecule has 0 aromatic carbocycles. The molecule has 0 aliphatic carbocycles. The summed E-state index contributed by atoms with van der Waals surface area (Å²) in [6.07, 6.45) is 0.320. The van der Waals surface area contributed by atoms with Crippen molar-refractivity contribution >= 4 is 41.2 Å². The van der Waals surface area contributed by atoms with Crippen LogP contribution in [-0.2, 0) is 24.0 Å². The predicted octanol–water partition coefficient (Wildman–Crippen LogP) is -0.205. The molecule has 176 valence electrons. The summed E-state index contributed by atoms with van der Waals surface area (Å²) in [5.41, 5.74) is -0.00148. The van der Waals surface area contributed by atoms with Gasteiger partial charge >= 0.3 is 5.97 Å². The summed E-state index contributed by atoms with van der Waals surface area (Å²) in [4.78, 5) is 63.8. The SMILES string of the molecule is CC(=O)CC(=O)N[C@H](C)[C@H]1C(=O)N2C(C(=O)O)=C(S[C@@H]3CN[C@H](C(=O)N(C)C)C3)[C@H](C)[C@H]12. The van der Waals surface area contributed by atoms with Gasteiger partial charge in [-0.25, -0.2) is 4.79 Å². The van der Waals surface area contributed by atoms with Crippen LogP contribution in [0.5, 0.6) is 0 Å². The number of Topliss-reactive ketones (excluding diaryl/α,β-unsaturated/α-hetero) is 1. The van der Waals surface area contributed by atoms with E-state index in [0.29, 0.717) is 17.9 Å². The van der Waals surface area contributed by atoms with Crippen molar-refractivity contribution in [3.63, 3.8) is 0 Å². The highest BCUT2D eigenvalue weighted by Gasteiger charge is 2.60. The number of nitrogens with zero attached hydrogens (tertiary/aromatic N) is 2. The molecule has 3 aliphatic rings. The molecule has 0 aromatic heterocycles. The average Bonchev–Trinajstić information content (AvgIpc) is 3.22. The van der Waals surface area contributed by atoms with Crippen molar-refractivity contribution in [2.75, 3.05) is 20.6 Å². The molecule has 0 saturated carbocycles. The fraction of sp³-hybridized carbons (Fsp3) is 0.667. The lowest BCUT2D eigenvalue weighted by Crippen LogP contribution is -2.66. The Morgan fingerprint density at radius 2 is 1.97 bits per heavy atom. The molecular weight excluding hydrogens is 436 g/mol. The van der Waals surface area contributed by atoms with Gasteiger partial charge < -0.3 is 25.5 Å². The number of amides is 3. The van der Waals surface area contributed by atoms with Gasteiger partial charge in [0.15, 0.2) is 0 Å². The van der Waals surface area contributed by atoms with E-state index in [0.717, 1.165) is 0 Å². The molecule has 6 atom stereocenters. The van der Waals surface area contributed by atoms with E-state index in [1.54, 1.807) is 21.0 Å². The van der Waals surface area contributed by atoms with Crippen molar-refractivity contribution < 1.29 is 29.1 Å². The number of ketones is 1. The summed E-state index contributed by atoms with van der Waals surface area (Å²) in [6.45, 7) is 5.48. The first-order valence-corrected chi connectivity index (χ1v) is 11.5. The van der Waals surface area contributed by atoms with Crippen LogP contribution >= 0.6 is 11.8 Å². The predicted molar refractivity (Wildman–Crippen MR) is 117 cm³/mol. The summed E-state index contributed by atoms with van der Waals surface area (Å²) in [6, 6.07) is -1.19. The number of hydrogen-bond acceptors (Lipinski definition) is 7. The molecule has 0 spiro atoms. The highest BCUT2D eigenvalue weighted by molar-refractivity contribution is 8.03. The second kappa shape index (κ2) is 9.22. The molecule has 0 bridgehead atoms. The molecule has 10 nitrogen and oxygen atoms in total. The molecule has 3 amide bonds. The molecule has 3 heterocycles. The van der Waals surface area contributed by atoms with Crippen LogP contribution in [0, 0.1) is 11.8 Å². The van der Waals surface area contributed by atoms with Gasteiger partial charge in [0.1, 0.15) is 11.5 Å². The summed E-state index contributed by atoms with van der Waals surface area (Å²) in [7, 11) is 3.39. The number of rotatable bonds is 8. The number of aliphatic carboxylic acids is 1. The summed E-state index contributed by atoms with van der Waals surface area (Å²) in [5, 5.41) is 15.8. The van der Waals surface area contributed by atoms with Gasteiger partial charge in [-0.3, -0.25) is 19.2 Å². The Labute approximate surface area is 191 Å². The third-order valence-electron chi connectivity index (χ3n) is 6.25. The molecule has 3 rings (SSSR count). The first kappa shape index (κ1) is 24.2. The van der Waals surface area contributed by atoms with E-state index < -0.39 is 23.8 Å². The summed E-state index contributed by atoms with van der Waals surface area (Å²) in [5.74, 6) is -3.01. The lowest BCUT2D eigenvalue weighted by atomic mass is 9.78. The smallest absolute Gasteiger partial charge is 0.353 e. The van der Waals surface area contributed by atoms with Crippen molar-refractivity contribution in [3.8, 4) is 0 Å². The van der Waals surface area contributed by atoms with Gasteiger partial charge in [-0.05, 0) is 20.3 Å². The maximum Gasteiger partial charge on any atom is 0.353 e. The molecule has 3 aliphatic heterocycles. The van der Waals surface area contributed by atoms with E-state index in [4.69, 9.17) is 0 Å². The lowest BCUT2D eigenvalue weighted by Gasteiger charge is -2.47. The topological polar surface area (TPSA) is 136 Å². The fourth-order valence-corrected chi connectivity index (χ4v) is 6.27. The average molecular weight is 467 g/mol. The third-order valence-corrected chi connectivity index (χ3v) is 7.76. The molecule has 2 saturated heterocycles. The number of likely N-dealkylation sites (N-methyl/N-ethyl adjacent to an activating group) is 1. The van der Waals surface area contributed by atoms with Gasteiger partial charge in [0, 0.05) is 42.8 Å². The lowest BCUT2D eigenvalue weighted by molar-refractivity contribution is -0.158.